The minimum absolute atomic E-state index is 0.0599. The molecule has 35 heavy (non-hydrogen) atoms. The second-order valence-electron chi connectivity index (χ2n) is 8.85. The molecule has 2 aliphatic rings. The maximum Gasteiger partial charge on any atom is 0.290 e. The molecule has 0 spiro atoms. The van der Waals surface area contributed by atoms with Crippen LogP contribution in [0.3, 0.4) is 0 Å². The summed E-state index contributed by atoms with van der Waals surface area (Å²) < 4.78 is 11.2. The van der Waals surface area contributed by atoms with Gasteiger partial charge in [0.2, 0.25) is 5.78 Å². The topological polar surface area (TPSA) is 100 Å². The first-order valence-electron chi connectivity index (χ1n) is 11.4. The van der Waals surface area contributed by atoms with Crippen molar-refractivity contribution in [3.05, 3.63) is 69.1 Å². The highest BCUT2D eigenvalue weighted by Gasteiger charge is 2.47. The lowest BCUT2D eigenvalue weighted by Crippen LogP contribution is -2.41. The van der Waals surface area contributed by atoms with Crippen LogP contribution in [0.4, 0.5) is 0 Å². The lowest BCUT2D eigenvalue weighted by atomic mass is 9.90. The molecular weight excluding hydrogens is 493 g/mol. The highest BCUT2D eigenvalue weighted by Crippen LogP contribution is 2.45. The number of phenols is 1. The van der Waals surface area contributed by atoms with E-state index in [-0.39, 0.29) is 28.1 Å². The molecule has 0 bridgehead atoms. The van der Waals surface area contributed by atoms with Gasteiger partial charge < -0.3 is 24.3 Å². The van der Waals surface area contributed by atoms with Crippen LogP contribution < -0.4 is 4.74 Å². The maximum absolute atomic E-state index is 13.8. The van der Waals surface area contributed by atoms with Gasteiger partial charge in [-0.1, -0.05) is 48.5 Å². The number of amides is 1. The zero-order chi connectivity index (χ0) is 24.9. The number of rotatable bonds is 5. The van der Waals surface area contributed by atoms with Gasteiger partial charge in [0, 0.05) is 22.5 Å². The van der Waals surface area contributed by atoms with E-state index in [4.69, 9.17) is 32.4 Å². The number of aliphatic hydroxyl groups is 1. The van der Waals surface area contributed by atoms with Crippen molar-refractivity contribution in [1.82, 2.24) is 4.90 Å². The molecule has 1 atom stereocenters. The number of hydrogen-bond acceptors (Lipinski definition) is 6. The van der Waals surface area contributed by atoms with Crippen LogP contribution in [0.25, 0.3) is 11.0 Å². The van der Waals surface area contributed by atoms with E-state index in [9.17, 15) is 19.8 Å². The first kappa shape index (κ1) is 23.6. The molecule has 2 heterocycles. The maximum atomic E-state index is 13.8. The lowest BCUT2D eigenvalue weighted by Gasteiger charge is -2.36. The Morgan fingerprint density at radius 1 is 1.09 bits per heavy atom. The summed E-state index contributed by atoms with van der Waals surface area (Å²) >= 11 is 12.3. The second kappa shape index (κ2) is 9.13. The number of phenolic OH excluding ortho intramolecular Hbond substituents is 1. The van der Waals surface area contributed by atoms with Gasteiger partial charge in [-0.2, -0.15) is 0 Å². The van der Waals surface area contributed by atoms with E-state index >= 15 is 0 Å². The second-order valence-corrected chi connectivity index (χ2v) is 9.69. The number of Topliss-reactive ketones (excluding diaryl/α,β-unsaturated/α-hetero) is 1. The average Bonchev–Trinajstić information content (AvgIpc) is 3.39. The SMILES string of the molecule is COc1cc(Cl)cc2cc(C(=O)C3=C(O)C(=O)N(C4CCCCC4)C3c3ccc(O)c(Cl)c3)oc12. The Kier molecular flexibility index (Phi) is 6.15. The minimum atomic E-state index is -0.880. The number of furan rings is 1. The van der Waals surface area contributed by atoms with Gasteiger partial charge in [0.05, 0.1) is 23.7 Å². The summed E-state index contributed by atoms with van der Waals surface area (Å²) in [6, 6.07) is 8.22. The highest BCUT2D eigenvalue weighted by molar-refractivity contribution is 6.32. The van der Waals surface area contributed by atoms with Gasteiger partial charge in [-0.05, 0) is 42.7 Å². The molecule has 1 saturated carbocycles. The molecule has 1 aliphatic carbocycles. The number of hydrogen-bond donors (Lipinski definition) is 2. The summed E-state index contributed by atoms with van der Waals surface area (Å²) in [5.74, 6) is -1.66. The first-order valence-corrected chi connectivity index (χ1v) is 12.1. The first-order chi connectivity index (χ1) is 16.8. The van der Waals surface area contributed by atoms with Crippen LogP contribution in [-0.2, 0) is 4.79 Å². The van der Waals surface area contributed by atoms with Crippen molar-refractivity contribution in [2.45, 2.75) is 44.2 Å². The summed E-state index contributed by atoms with van der Waals surface area (Å²) in [6.45, 7) is 0. The Labute approximate surface area is 211 Å². The zero-order valence-corrected chi connectivity index (χ0v) is 20.4. The van der Waals surface area contributed by atoms with E-state index in [0.717, 1.165) is 32.1 Å². The highest BCUT2D eigenvalue weighted by atomic mass is 35.5. The number of benzene rings is 2. The quantitative estimate of drug-likeness (QED) is 0.383. The Morgan fingerprint density at radius 2 is 1.83 bits per heavy atom. The van der Waals surface area contributed by atoms with E-state index in [1.54, 1.807) is 23.1 Å². The fourth-order valence-electron chi connectivity index (χ4n) is 5.09. The van der Waals surface area contributed by atoms with Crippen molar-refractivity contribution in [3.8, 4) is 11.5 Å². The number of nitrogens with zero attached hydrogens (tertiary/aromatic N) is 1. The number of carbonyl (C=O) groups excluding carboxylic acids is 2. The molecule has 9 heteroatoms. The Hall–Kier alpha value is -3.16. The predicted molar refractivity (Wildman–Crippen MR) is 131 cm³/mol. The van der Waals surface area contributed by atoms with E-state index in [2.05, 4.69) is 0 Å². The predicted octanol–water partition coefficient (Wildman–Crippen LogP) is 6.36. The molecule has 2 N–H and O–H groups in total. The molecule has 5 rings (SSSR count). The fourth-order valence-corrected chi connectivity index (χ4v) is 5.50. The molecule has 0 radical (unpaired) electrons. The standard InChI is InChI=1S/C26H23Cl2NO6/c1-34-20-12-15(27)9-14-11-19(35-25(14)20)23(31)21-22(13-7-8-18(30)17(28)10-13)29(26(33)24(21)32)16-5-3-2-4-6-16/h7-12,16,22,30,32H,2-6H2,1H3. The molecular formula is C26H23Cl2NO6. The third-order valence-electron chi connectivity index (χ3n) is 6.73. The Morgan fingerprint density at radius 3 is 2.51 bits per heavy atom. The number of halogens is 2. The number of aromatic hydroxyl groups is 1. The van der Waals surface area contributed by atoms with Crippen molar-refractivity contribution in [2.75, 3.05) is 7.11 Å². The van der Waals surface area contributed by atoms with Crippen LogP contribution in [0.1, 0.15) is 54.3 Å². The summed E-state index contributed by atoms with van der Waals surface area (Å²) in [6.07, 6.45) is 4.51. The monoisotopic (exact) mass is 515 g/mol. The molecule has 3 aromatic rings. The van der Waals surface area contributed by atoms with Crippen LogP contribution in [0.5, 0.6) is 11.5 Å². The van der Waals surface area contributed by atoms with Gasteiger partial charge in [0.25, 0.3) is 5.91 Å². The van der Waals surface area contributed by atoms with Gasteiger partial charge in [-0.15, -0.1) is 0 Å². The summed E-state index contributed by atoms with van der Waals surface area (Å²) in [5, 5.41) is 21.9. The number of methoxy groups -OCH3 is 1. The molecule has 7 nitrogen and oxygen atoms in total. The lowest BCUT2D eigenvalue weighted by molar-refractivity contribution is -0.132. The van der Waals surface area contributed by atoms with Crippen molar-refractivity contribution in [1.29, 1.82) is 0 Å². The average molecular weight is 516 g/mol. The van der Waals surface area contributed by atoms with Crippen LogP contribution in [0.15, 0.2) is 52.1 Å². The van der Waals surface area contributed by atoms with Gasteiger partial charge in [0.1, 0.15) is 5.75 Å². The van der Waals surface area contributed by atoms with E-state index in [1.807, 2.05) is 0 Å². The molecule has 1 aromatic heterocycles. The molecule has 2 aromatic carbocycles. The number of ether oxygens (including phenoxy) is 1. The summed E-state index contributed by atoms with van der Waals surface area (Å²) in [7, 11) is 1.46. The molecule has 182 valence electrons. The van der Waals surface area contributed by atoms with Crippen molar-refractivity contribution >= 4 is 45.9 Å². The Bertz CT molecular complexity index is 1370. The molecule has 1 fully saturated rings. The van der Waals surface area contributed by atoms with E-state index < -0.39 is 23.5 Å². The molecule has 1 aliphatic heterocycles. The van der Waals surface area contributed by atoms with E-state index in [0.29, 0.717) is 27.3 Å². The van der Waals surface area contributed by atoms with Crippen LogP contribution >= 0.6 is 23.2 Å². The zero-order valence-electron chi connectivity index (χ0n) is 18.9. The van der Waals surface area contributed by atoms with Gasteiger partial charge >= 0.3 is 0 Å². The van der Waals surface area contributed by atoms with E-state index in [1.165, 1.54) is 25.3 Å². The smallest absolute Gasteiger partial charge is 0.290 e. The summed E-state index contributed by atoms with van der Waals surface area (Å²) in [4.78, 5) is 28.7. The van der Waals surface area contributed by atoms with Crippen LogP contribution in [0.2, 0.25) is 10.0 Å². The number of aliphatic hydroxyl groups excluding tert-OH is 1. The third kappa shape index (κ3) is 4.02. The Balaban J connectivity index is 1.63. The van der Waals surface area contributed by atoms with Crippen LogP contribution in [0, 0.1) is 0 Å². The number of fused-ring (bicyclic) bond motifs is 1. The third-order valence-corrected chi connectivity index (χ3v) is 7.26. The molecule has 0 saturated heterocycles. The number of carbonyl (C=O) groups is 2. The molecule has 1 unspecified atom stereocenters. The normalized spacial score (nSPS) is 19.1. The molecule has 1 amide bonds. The van der Waals surface area contributed by atoms with Crippen molar-refractivity contribution < 1.29 is 29.0 Å². The van der Waals surface area contributed by atoms with Crippen molar-refractivity contribution in [2.24, 2.45) is 0 Å². The van der Waals surface area contributed by atoms with Gasteiger partial charge in [-0.3, -0.25) is 9.59 Å². The van der Waals surface area contributed by atoms with Gasteiger partial charge in [0.15, 0.2) is 22.9 Å². The minimum Gasteiger partial charge on any atom is -0.506 e. The number of ketones is 1. The van der Waals surface area contributed by atoms with Gasteiger partial charge in [-0.25, -0.2) is 0 Å². The summed E-state index contributed by atoms with van der Waals surface area (Å²) in [5.41, 5.74) is 0.750. The fraction of sp³-hybridized carbons (Fsp3) is 0.308. The van der Waals surface area contributed by atoms with Crippen LogP contribution in [-0.4, -0.2) is 40.0 Å². The largest absolute Gasteiger partial charge is 0.506 e. The van der Waals surface area contributed by atoms with Crippen molar-refractivity contribution in [3.63, 3.8) is 0 Å².